The lowest BCUT2D eigenvalue weighted by Crippen LogP contribution is -2.22. The number of anilines is 2. The van der Waals surface area contributed by atoms with E-state index in [0.717, 1.165) is 18.8 Å². The lowest BCUT2D eigenvalue weighted by atomic mass is 10.1. The van der Waals surface area contributed by atoms with Crippen molar-refractivity contribution in [3.8, 4) is 0 Å². The highest BCUT2D eigenvalue weighted by Gasteiger charge is 2.20. The summed E-state index contributed by atoms with van der Waals surface area (Å²) < 4.78 is 28.2. The average molecular weight is 401 g/mol. The van der Waals surface area contributed by atoms with E-state index in [9.17, 15) is 13.6 Å². The molecule has 0 bridgehead atoms. The van der Waals surface area contributed by atoms with Gasteiger partial charge in [0.1, 0.15) is 6.54 Å². The van der Waals surface area contributed by atoms with Crippen LogP contribution in [0.3, 0.4) is 0 Å². The summed E-state index contributed by atoms with van der Waals surface area (Å²) in [6.45, 7) is 9.17. The summed E-state index contributed by atoms with van der Waals surface area (Å²) in [6.07, 6.45) is -2.63. The zero-order chi connectivity index (χ0) is 21.1. The van der Waals surface area contributed by atoms with Gasteiger partial charge in [-0.2, -0.15) is 5.10 Å². The highest BCUT2D eigenvalue weighted by Crippen LogP contribution is 2.30. The van der Waals surface area contributed by atoms with Crippen LogP contribution in [0.2, 0.25) is 0 Å². The molecule has 8 heteroatoms. The number of benzene rings is 1. The standard InChI is InChI=1S/C21H25F2N5O/c1-5-27(6-2)16-9-7-15(8-10-16)25-18(29)12-28-21-19(14(4)26-28)17(20(22)23)11-13(3)24-21/h7-11,20H,5-6,12H2,1-4H3,(H,25,29). The third-order valence-electron chi connectivity index (χ3n) is 4.84. The molecule has 0 radical (unpaired) electrons. The van der Waals surface area contributed by atoms with Crippen molar-refractivity contribution in [3.63, 3.8) is 0 Å². The van der Waals surface area contributed by atoms with Gasteiger partial charge in [-0.15, -0.1) is 0 Å². The maximum Gasteiger partial charge on any atom is 0.264 e. The predicted octanol–water partition coefficient (Wildman–Crippen LogP) is 4.47. The molecular formula is C21H25F2N5O. The van der Waals surface area contributed by atoms with Crippen molar-refractivity contribution in [2.45, 2.75) is 40.7 Å². The molecule has 0 saturated heterocycles. The van der Waals surface area contributed by atoms with Crippen LogP contribution < -0.4 is 10.2 Å². The Morgan fingerprint density at radius 2 is 1.83 bits per heavy atom. The van der Waals surface area contributed by atoms with E-state index >= 15 is 0 Å². The molecular weight excluding hydrogens is 376 g/mol. The lowest BCUT2D eigenvalue weighted by molar-refractivity contribution is -0.116. The Hall–Kier alpha value is -3.03. The molecule has 6 nitrogen and oxygen atoms in total. The summed E-state index contributed by atoms with van der Waals surface area (Å²) >= 11 is 0. The number of carbonyl (C=O) groups is 1. The number of pyridine rings is 1. The van der Waals surface area contributed by atoms with Crippen LogP contribution in [0.5, 0.6) is 0 Å². The van der Waals surface area contributed by atoms with E-state index in [1.54, 1.807) is 13.8 Å². The molecule has 29 heavy (non-hydrogen) atoms. The smallest absolute Gasteiger partial charge is 0.264 e. The first-order chi connectivity index (χ1) is 13.8. The van der Waals surface area contributed by atoms with Crippen LogP contribution in [0.1, 0.15) is 37.2 Å². The summed E-state index contributed by atoms with van der Waals surface area (Å²) in [6, 6.07) is 8.96. The molecule has 2 aromatic heterocycles. The second-order valence-electron chi connectivity index (χ2n) is 6.86. The molecule has 0 saturated carbocycles. The summed E-state index contributed by atoms with van der Waals surface area (Å²) in [5, 5.41) is 7.40. The minimum absolute atomic E-state index is 0.108. The minimum atomic E-state index is -2.63. The number of fused-ring (bicyclic) bond motifs is 1. The molecule has 1 aromatic carbocycles. The first-order valence-electron chi connectivity index (χ1n) is 9.61. The number of halogens is 2. The molecule has 0 aliphatic rings. The Morgan fingerprint density at radius 3 is 2.41 bits per heavy atom. The van der Waals surface area contributed by atoms with E-state index in [-0.39, 0.29) is 18.0 Å². The number of nitrogens with zero attached hydrogens (tertiary/aromatic N) is 4. The van der Waals surface area contributed by atoms with Crippen LogP contribution >= 0.6 is 0 Å². The number of hydrogen-bond acceptors (Lipinski definition) is 4. The first kappa shape index (κ1) is 20.7. The number of carbonyl (C=O) groups excluding carboxylic acids is 1. The van der Waals surface area contributed by atoms with Crippen molar-refractivity contribution in [3.05, 3.63) is 47.3 Å². The number of hydrogen-bond donors (Lipinski definition) is 1. The van der Waals surface area contributed by atoms with E-state index in [0.29, 0.717) is 28.1 Å². The number of amides is 1. The van der Waals surface area contributed by atoms with Crippen molar-refractivity contribution in [2.75, 3.05) is 23.3 Å². The number of alkyl halides is 2. The van der Waals surface area contributed by atoms with Crippen LogP contribution in [0, 0.1) is 13.8 Å². The van der Waals surface area contributed by atoms with Crippen LogP contribution in [0.15, 0.2) is 30.3 Å². The Kier molecular flexibility index (Phi) is 6.10. The molecule has 0 aliphatic heterocycles. The molecule has 1 amide bonds. The topological polar surface area (TPSA) is 63.1 Å². The fourth-order valence-corrected chi connectivity index (χ4v) is 3.48. The molecule has 2 heterocycles. The van der Waals surface area contributed by atoms with Gasteiger partial charge in [0, 0.05) is 35.7 Å². The summed E-state index contributed by atoms with van der Waals surface area (Å²) in [5.74, 6) is -0.299. The Morgan fingerprint density at radius 1 is 1.17 bits per heavy atom. The van der Waals surface area contributed by atoms with Gasteiger partial charge in [0.05, 0.1) is 11.1 Å². The van der Waals surface area contributed by atoms with Crippen molar-refractivity contribution in [1.29, 1.82) is 0 Å². The normalized spacial score (nSPS) is 11.3. The highest BCUT2D eigenvalue weighted by atomic mass is 19.3. The average Bonchev–Trinajstić information content (AvgIpc) is 2.98. The molecule has 154 valence electrons. The fraction of sp³-hybridized carbons (Fsp3) is 0.381. The third-order valence-corrected chi connectivity index (χ3v) is 4.84. The van der Waals surface area contributed by atoms with Gasteiger partial charge in [-0.1, -0.05) is 0 Å². The Bertz CT molecular complexity index is 1010. The molecule has 1 N–H and O–H groups in total. The summed E-state index contributed by atoms with van der Waals surface area (Å²) in [7, 11) is 0. The second-order valence-corrected chi connectivity index (χ2v) is 6.86. The van der Waals surface area contributed by atoms with Gasteiger partial charge in [-0.25, -0.2) is 18.4 Å². The number of aryl methyl sites for hydroxylation is 2. The fourth-order valence-electron chi connectivity index (χ4n) is 3.48. The minimum Gasteiger partial charge on any atom is -0.372 e. The van der Waals surface area contributed by atoms with E-state index < -0.39 is 6.43 Å². The summed E-state index contributed by atoms with van der Waals surface area (Å²) in [4.78, 5) is 19.0. The highest BCUT2D eigenvalue weighted by molar-refractivity contribution is 5.92. The Balaban J connectivity index is 1.80. The van der Waals surface area contributed by atoms with Gasteiger partial charge >= 0.3 is 0 Å². The van der Waals surface area contributed by atoms with Gasteiger partial charge in [0.2, 0.25) is 5.91 Å². The monoisotopic (exact) mass is 401 g/mol. The third kappa shape index (κ3) is 4.36. The molecule has 0 unspecified atom stereocenters. The van der Waals surface area contributed by atoms with E-state index in [4.69, 9.17) is 0 Å². The molecule has 3 aromatic rings. The SMILES string of the molecule is CCN(CC)c1ccc(NC(=O)Cn2nc(C)c3c(C(F)F)cc(C)nc32)cc1. The van der Waals surface area contributed by atoms with Crippen LogP contribution in [0.4, 0.5) is 20.2 Å². The van der Waals surface area contributed by atoms with Gasteiger partial charge in [-0.05, 0) is 58.0 Å². The van der Waals surface area contributed by atoms with E-state index in [1.807, 2.05) is 24.3 Å². The maximum absolute atomic E-state index is 13.4. The number of aromatic nitrogens is 3. The van der Waals surface area contributed by atoms with Crippen molar-refractivity contribution >= 4 is 28.3 Å². The van der Waals surface area contributed by atoms with Gasteiger partial charge in [-0.3, -0.25) is 4.79 Å². The molecule has 3 rings (SSSR count). The largest absolute Gasteiger partial charge is 0.372 e. The maximum atomic E-state index is 13.4. The molecule has 0 fully saturated rings. The zero-order valence-corrected chi connectivity index (χ0v) is 17.0. The second kappa shape index (κ2) is 8.55. The summed E-state index contributed by atoms with van der Waals surface area (Å²) in [5.41, 5.74) is 2.83. The van der Waals surface area contributed by atoms with Gasteiger partial charge in [0.25, 0.3) is 6.43 Å². The van der Waals surface area contributed by atoms with Crippen molar-refractivity contribution < 1.29 is 13.6 Å². The van der Waals surface area contributed by atoms with Crippen molar-refractivity contribution in [1.82, 2.24) is 14.8 Å². The number of nitrogens with one attached hydrogen (secondary N) is 1. The molecule has 0 aliphatic carbocycles. The number of rotatable bonds is 7. The van der Waals surface area contributed by atoms with Crippen molar-refractivity contribution in [2.24, 2.45) is 0 Å². The Labute approximate surface area is 168 Å². The van der Waals surface area contributed by atoms with E-state index in [2.05, 4.69) is 34.1 Å². The van der Waals surface area contributed by atoms with Gasteiger partial charge in [0.15, 0.2) is 5.65 Å². The zero-order valence-electron chi connectivity index (χ0n) is 17.0. The van der Waals surface area contributed by atoms with Crippen LogP contribution in [-0.2, 0) is 11.3 Å². The molecule has 0 atom stereocenters. The predicted molar refractivity (Wildman–Crippen MR) is 111 cm³/mol. The van der Waals surface area contributed by atoms with Gasteiger partial charge < -0.3 is 10.2 Å². The van der Waals surface area contributed by atoms with E-state index in [1.165, 1.54) is 10.7 Å². The van der Waals surface area contributed by atoms with Crippen LogP contribution in [-0.4, -0.2) is 33.8 Å². The van der Waals surface area contributed by atoms with Crippen LogP contribution in [0.25, 0.3) is 11.0 Å². The first-order valence-corrected chi connectivity index (χ1v) is 9.61. The lowest BCUT2D eigenvalue weighted by Gasteiger charge is -2.21. The quantitative estimate of drug-likeness (QED) is 0.634. The molecule has 0 spiro atoms.